The van der Waals surface area contributed by atoms with Crippen LogP contribution in [0.15, 0.2) is 62.8 Å². The summed E-state index contributed by atoms with van der Waals surface area (Å²) >= 11 is 3.53. The van der Waals surface area contributed by atoms with Crippen molar-refractivity contribution in [2.24, 2.45) is 0 Å². The van der Waals surface area contributed by atoms with Gasteiger partial charge in [-0.25, -0.2) is 0 Å². The number of nitrogens with zero attached hydrogens (tertiary/aromatic N) is 1. The Morgan fingerprint density at radius 2 is 1.20 bits per heavy atom. The summed E-state index contributed by atoms with van der Waals surface area (Å²) in [7, 11) is -1.93. The molecule has 0 saturated carbocycles. The summed E-state index contributed by atoms with van der Waals surface area (Å²) in [4.78, 5) is 3.09. The molecule has 0 aromatic heterocycles. The van der Waals surface area contributed by atoms with Crippen LogP contribution in [-0.4, -0.2) is 25.0 Å². The highest BCUT2D eigenvalue weighted by Gasteiger charge is 2.43. The molecule has 1 heterocycles. The summed E-state index contributed by atoms with van der Waals surface area (Å²) in [6, 6.07) is 17.7. The second kappa shape index (κ2) is 4.72. The molecule has 20 heavy (non-hydrogen) atoms. The van der Waals surface area contributed by atoms with E-state index >= 15 is 0 Å². The van der Waals surface area contributed by atoms with Crippen LogP contribution < -0.4 is 3.71 Å². The van der Waals surface area contributed by atoms with Crippen molar-refractivity contribution in [3.05, 3.63) is 53.0 Å². The molecule has 1 aliphatic rings. The van der Waals surface area contributed by atoms with Crippen LogP contribution in [0.5, 0.6) is 0 Å². The van der Waals surface area contributed by atoms with Crippen LogP contribution in [0.25, 0.3) is 0 Å². The van der Waals surface area contributed by atoms with Gasteiger partial charge in [0.05, 0.1) is 5.69 Å². The highest BCUT2D eigenvalue weighted by molar-refractivity contribution is 9.10. The minimum Gasteiger partial charge on any atom is -0.290 e. The van der Waals surface area contributed by atoms with Crippen LogP contribution in [-0.2, 0) is 0 Å². The molecule has 0 fully saturated rings. The first kappa shape index (κ1) is 14.4. The Labute approximate surface area is 133 Å². The van der Waals surface area contributed by atoms with Crippen molar-refractivity contribution < 1.29 is 0 Å². The third-order valence-corrected chi connectivity index (χ3v) is 11.6. The number of halogens is 1. The summed E-state index contributed by atoms with van der Waals surface area (Å²) in [5.41, 5.74) is 1.34. The second-order valence-corrected chi connectivity index (χ2v) is 13.6. The van der Waals surface area contributed by atoms with Gasteiger partial charge in [0.2, 0.25) is 0 Å². The molecular weight excluding hydrogens is 350 g/mol. The van der Waals surface area contributed by atoms with Crippen LogP contribution in [0.4, 0.5) is 5.69 Å². The molecule has 0 spiro atoms. The fourth-order valence-electron chi connectivity index (χ4n) is 3.01. The van der Waals surface area contributed by atoms with Crippen molar-refractivity contribution in [1.82, 2.24) is 0 Å². The molecule has 4 heteroatoms. The lowest BCUT2D eigenvalue weighted by atomic mass is 10.3. The maximum Gasteiger partial charge on any atom is 0.0565 e. The summed E-state index contributed by atoms with van der Waals surface area (Å²) in [6.45, 7) is 0. The minimum atomic E-state index is -0.965. The Morgan fingerprint density at radius 3 is 1.65 bits per heavy atom. The van der Waals surface area contributed by atoms with Gasteiger partial charge in [0.15, 0.2) is 0 Å². The first-order chi connectivity index (χ1) is 9.35. The van der Waals surface area contributed by atoms with Crippen LogP contribution in [0, 0.1) is 0 Å². The van der Waals surface area contributed by atoms with E-state index in [9.17, 15) is 0 Å². The molecular formula is C16H20BrNS2. The Bertz CT molecular complexity index is 615. The third-order valence-electron chi connectivity index (χ3n) is 3.79. The quantitative estimate of drug-likeness (QED) is 0.627. The van der Waals surface area contributed by atoms with E-state index in [0.717, 1.165) is 4.47 Å². The number of anilines is 1. The zero-order valence-electron chi connectivity index (χ0n) is 12.3. The van der Waals surface area contributed by atoms with Gasteiger partial charge in [-0.3, -0.25) is 3.71 Å². The SMILES string of the molecule is CS1(C)c2ccccc2S(C)(C)N1c1ccc(Br)cc1. The lowest BCUT2D eigenvalue weighted by molar-refractivity contribution is 1.24. The Balaban J connectivity index is 2.20. The van der Waals surface area contributed by atoms with Gasteiger partial charge in [-0.05, 0) is 61.4 Å². The molecule has 0 bridgehead atoms. The van der Waals surface area contributed by atoms with Crippen LogP contribution in [0.2, 0.25) is 0 Å². The molecule has 1 aliphatic heterocycles. The van der Waals surface area contributed by atoms with E-state index in [1.54, 1.807) is 9.79 Å². The molecule has 0 amide bonds. The maximum absolute atomic E-state index is 3.53. The first-order valence-corrected chi connectivity index (χ1v) is 12.1. The smallest absolute Gasteiger partial charge is 0.0565 e. The van der Waals surface area contributed by atoms with Crippen molar-refractivity contribution in [2.45, 2.75) is 9.79 Å². The molecule has 108 valence electrons. The number of benzene rings is 2. The number of rotatable bonds is 1. The van der Waals surface area contributed by atoms with E-state index in [1.807, 2.05) is 0 Å². The number of hydrogen-bond donors (Lipinski definition) is 0. The van der Waals surface area contributed by atoms with E-state index in [1.165, 1.54) is 5.69 Å². The van der Waals surface area contributed by atoms with E-state index in [2.05, 4.69) is 93.2 Å². The van der Waals surface area contributed by atoms with Gasteiger partial charge < -0.3 is 0 Å². The van der Waals surface area contributed by atoms with E-state index in [4.69, 9.17) is 0 Å². The molecule has 0 saturated heterocycles. The zero-order valence-corrected chi connectivity index (χ0v) is 15.5. The molecule has 3 rings (SSSR count). The standard InChI is InChI=1S/C16H20BrNS2/c1-19(2)15-7-5-6-8-16(15)20(3,4)18(19)14-11-9-13(17)10-12-14/h5-12H,1-4H3. The molecule has 0 radical (unpaired) electrons. The fraction of sp³-hybridized carbons (Fsp3) is 0.250. The van der Waals surface area contributed by atoms with Crippen molar-refractivity contribution in [1.29, 1.82) is 0 Å². The molecule has 0 aliphatic carbocycles. The van der Waals surface area contributed by atoms with Gasteiger partial charge in [-0.1, -0.05) is 28.1 Å². The molecule has 0 atom stereocenters. The molecule has 0 N–H and O–H groups in total. The fourth-order valence-corrected chi connectivity index (χ4v) is 12.3. The van der Waals surface area contributed by atoms with Crippen molar-refractivity contribution in [2.75, 3.05) is 28.7 Å². The molecule has 2 aromatic carbocycles. The summed E-state index contributed by atoms with van der Waals surface area (Å²) in [5, 5.41) is 0. The van der Waals surface area contributed by atoms with Gasteiger partial charge in [0.25, 0.3) is 0 Å². The normalized spacial score (nSPS) is 22.1. The average Bonchev–Trinajstić information content (AvgIpc) is 2.56. The summed E-state index contributed by atoms with van der Waals surface area (Å²) in [5.74, 6) is 0. The predicted molar refractivity (Wildman–Crippen MR) is 98.5 cm³/mol. The first-order valence-electron chi connectivity index (χ1n) is 6.47. The number of fused-ring (bicyclic) bond motifs is 1. The molecule has 0 unspecified atom stereocenters. The monoisotopic (exact) mass is 369 g/mol. The Morgan fingerprint density at radius 1 is 0.750 bits per heavy atom. The minimum absolute atomic E-state index is 0.965. The Hall–Kier alpha value is -0.580. The van der Waals surface area contributed by atoms with Gasteiger partial charge in [0, 0.05) is 14.3 Å². The average molecular weight is 370 g/mol. The lowest BCUT2D eigenvalue weighted by Gasteiger charge is -2.48. The van der Waals surface area contributed by atoms with E-state index < -0.39 is 20.4 Å². The van der Waals surface area contributed by atoms with E-state index in [0.29, 0.717) is 0 Å². The largest absolute Gasteiger partial charge is 0.290 e. The zero-order chi connectivity index (χ0) is 14.5. The van der Waals surface area contributed by atoms with Crippen molar-refractivity contribution in [3.8, 4) is 0 Å². The van der Waals surface area contributed by atoms with Gasteiger partial charge in [-0.2, -0.15) is 0 Å². The van der Waals surface area contributed by atoms with Crippen LogP contribution in [0.1, 0.15) is 0 Å². The van der Waals surface area contributed by atoms with Gasteiger partial charge in [-0.15, -0.1) is 20.4 Å². The topological polar surface area (TPSA) is 3.24 Å². The molecule has 1 nitrogen and oxygen atoms in total. The molecule has 2 aromatic rings. The highest BCUT2D eigenvalue weighted by Crippen LogP contribution is 2.77. The van der Waals surface area contributed by atoms with Crippen molar-refractivity contribution >= 4 is 42.0 Å². The summed E-state index contributed by atoms with van der Waals surface area (Å²) < 4.78 is 3.83. The number of hydrogen-bond acceptors (Lipinski definition) is 1. The maximum atomic E-state index is 3.53. The van der Waals surface area contributed by atoms with E-state index in [-0.39, 0.29) is 0 Å². The van der Waals surface area contributed by atoms with Crippen LogP contribution >= 0.6 is 36.4 Å². The Kier molecular flexibility index (Phi) is 3.39. The summed E-state index contributed by atoms with van der Waals surface area (Å²) in [6.07, 6.45) is 9.65. The lowest BCUT2D eigenvalue weighted by Crippen LogP contribution is -2.23. The van der Waals surface area contributed by atoms with Crippen molar-refractivity contribution in [3.63, 3.8) is 0 Å². The predicted octanol–water partition coefficient (Wildman–Crippen LogP) is 5.65. The van der Waals surface area contributed by atoms with Gasteiger partial charge >= 0.3 is 0 Å². The highest BCUT2D eigenvalue weighted by atomic mass is 79.9. The second-order valence-electron chi connectivity index (χ2n) is 5.73. The van der Waals surface area contributed by atoms with Crippen LogP contribution in [0.3, 0.4) is 0 Å². The van der Waals surface area contributed by atoms with Gasteiger partial charge in [0.1, 0.15) is 0 Å². The third kappa shape index (κ3) is 2.00.